The fourth-order valence-corrected chi connectivity index (χ4v) is 5.12. The van der Waals surface area contributed by atoms with E-state index in [4.69, 9.17) is 4.74 Å². The lowest BCUT2D eigenvalue weighted by atomic mass is 9.92. The Balaban J connectivity index is 1.31. The highest BCUT2D eigenvalue weighted by molar-refractivity contribution is 5.96. The van der Waals surface area contributed by atoms with Crippen molar-refractivity contribution in [3.05, 3.63) is 64.9 Å². The van der Waals surface area contributed by atoms with Crippen molar-refractivity contribution in [3.8, 4) is 5.75 Å². The summed E-state index contributed by atoms with van der Waals surface area (Å²) < 4.78 is 22.6. The van der Waals surface area contributed by atoms with Gasteiger partial charge in [0.2, 0.25) is 0 Å². The monoisotopic (exact) mass is 552 g/mol. The largest absolute Gasteiger partial charge is 0.490 e. The van der Waals surface area contributed by atoms with E-state index in [9.17, 15) is 4.79 Å². The maximum Gasteiger partial charge on any atom is 0.258 e. The minimum atomic E-state index is -0.526. The van der Waals surface area contributed by atoms with E-state index in [2.05, 4.69) is 41.0 Å². The molecule has 0 bridgehead atoms. The van der Waals surface area contributed by atoms with Crippen LogP contribution in [-0.4, -0.2) is 76.3 Å². The minimum Gasteiger partial charge on any atom is -0.490 e. The number of rotatable bonds is 9. The van der Waals surface area contributed by atoms with Crippen LogP contribution in [0.25, 0.3) is 0 Å². The molecule has 3 heterocycles. The topological polar surface area (TPSA) is 65.9 Å². The number of benzene rings is 1. The van der Waals surface area contributed by atoms with Crippen LogP contribution < -0.4 is 10.1 Å². The molecule has 8 nitrogen and oxygen atoms in total. The Hall–Kier alpha value is -3.17. The van der Waals surface area contributed by atoms with Gasteiger partial charge in [-0.25, -0.2) is 4.39 Å². The quantitative estimate of drug-likeness (QED) is 0.429. The minimum absolute atomic E-state index is 0.177. The van der Waals surface area contributed by atoms with Crippen molar-refractivity contribution < 1.29 is 13.9 Å². The molecule has 1 aromatic carbocycles. The average Bonchev–Trinajstić information content (AvgIpc) is 3.18. The van der Waals surface area contributed by atoms with Crippen molar-refractivity contribution in [2.24, 2.45) is 12.5 Å². The van der Waals surface area contributed by atoms with Gasteiger partial charge in [0.05, 0.1) is 25.0 Å². The van der Waals surface area contributed by atoms with Gasteiger partial charge < -0.3 is 24.8 Å². The molecule has 218 valence electrons. The predicted molar refractivity (Wildman–Crippen MR) is 158 cm³/mol. The smallest absolute Gasteiger partial charge is 0.258 e. The molecule has 2 aliphatic rings. The summed E-state index contributed by atoms with van der Waals surface area (Å²) in [5.74, 6) is 0.211. The van der Waals surface area contributed by atoms with Gasteiger partial charge in [0, 0.05) is 56.6 Å². The summed E-state index contributed by atoms with van der Waals surface area (Å²) in [4.78, 5) is 20.3. The highest BCUT2D eigenvalue weighted by Gasteiger charge is 2.27. The van der Waals surface area contributed by atoms with E-state index >= 15 is 4.39 Å². The van der Waals surface area contributed by atoms with Crippen molar-refractivity contribution in [2.45, 2.75) is 54.0 Å². The number of aromatic nitrogens is 2. The molecule has 1 N–H and O–H groups in total. The number of carbonyl (C=O) groups is 1. The zero-order valence-electron chi connectivity index (χ0n) is 25.0. The second-order valence-electron chi connectivity index (χ2n) is 12.0. The van der Waals surface area contributed by atoms with Crippen LogP contribution in [-0.2, 0) is 13.6 Å². The molecule has 0 atom stereocenters. The molecule has 9 heteroatoms. The normalized spacial score (nSPS) is 17.2. The highest BCUT2D eigenvalue weighted by atomic mass is 19.1. The first kappa shape index (κ1) is 29.8. The van der Waals surface area contributed by atoms with Crippen molar-refractivity contribution in [2.75, 3.05) is 51.2 Å². The first-order valence-corrected chi connectivity index (χ1v) is 14.4. The molecule has 2 aromatic rings. The van der Waals surface area contributed by atoms with E-state index in [1.807, 2.05) is 33.0 Å². The number of hydrogen-bond acceptors (Lipinski definition) is 6. The summed E-state index contributed by atoms with van der Waals surface area (Å²) in [6.07, 6.45) is 7.57. The van der Waals surface area contributed by atoms with Gasteiger partial charge in [-0.05, 0) is 62.9 Å². The Bertz CT molecular complexity index is 1240. The molecule has 2 aliphatic heterocycles. The van der Waals surface area contributed by atoms with Crippen LogP contribution in [0.1, 0.15) is 63.4 Å². The molecule has 40 heavy (non-hydrogen) atoms. The van der Waals surface area contributed by atoms with E-state index < -0.39 is 5.82 Å². The number of amides is 1. The number of fused-ring (bicyclic) bond motifs is 1. The third-order valence-corrected chi connectivity index (χ3v) is 7.59. The van der Waals surface area contributed by atoms with Crippen LogP contribution in [0, 0.1) is 11.2 Å². The Morgan fingerprint density at radius 3 is 2.50 bits per heavy atom. The SMILES string of the molecule is C/C=C\C1=C(C)Nc2c(cnn2C)CN1C(=O)c1ccc(OCCCN2CCN(CCC(C)(C)C)CC2)c(F)c1. The summed E-state index contributed by atoms with van der Waals surface area (Å²) in [5, 5.41) is 7.68. The number of aryl methyl sites for hydroxylation is 1. The first-order valence-electron chi connectivity index (χ1n) is 14.4. The summed E-state index contributed by atoms with van der Waals surface area (Å²) in [7, 11) is 1.86. The number of anilines is 1. The van der Waals surface area contributed by atoms with Crippen LogP contribution in [0.3, 0.4) is 0 Å². The van der Waals surface area contributed by atoms with E-state index in [1.54, 1.807) is 27.9 Å². The van der Waals surface area contributed by atoms with E-state index in [-0.39, 0.29) is 17.2 Å². The van der Waals surface area contributed by atoms with Crippen molar-refractivity contribution in [1.82, 2.24) is 24.5 Å². The molecule has 1 fully saturated rings. The van der Waals surface area contributed by atoms with Gasteiger partial charge >= 0.3 is 0 Å². The lowest BCUT2D eigenvalue weighted by molar-refractivity contribution is 0.0800. The number of piperazine rings is 1. The van der Waals surface area contributed by atoms with Crippen molar-refractivity contribution in [1.29, 1.82) is 0 Å². The fraction of sp³-hybridized carbons (Fsp3) is 0.548. The second kappa shape index (κ2) is 13.0. The Kier molecular flexibility index (Phi) is 9.68. The molecule has 0 spiro atoms. The van der Waals surface area contributed by atoms with Gasteiger partial charge in [-0.3, -0.25) is 9.48 Å². The summed E-state index contributed by atoms with van der Waals surface area (Å²) >= 11 is 0. The molecule has 1 aromatic heterocycles. The van der Waals surface area contributed by atoms with Crippen LogP contribution in [0.15, 0.2) is 47.9 Å². The molecular formula is C31H45FN6O2. The van der Waals surface area contributed by atoms with Gasteiger partial charge in [-0.15, -0.1) is 0 Å². The maximum atomic E-state index is 15.0. The van der Waals surface area contributed by atoms with Crippen molar-refractivity contribution >= 4 is 11.7 Å². The average molecular weight is 553 g/mol. The number of allylic oxidation sites excluding steroid dienone is 3. The molecular weight excluding hydrogens is 507 g/mol. The second-order valence-corrected chi connectivity index (χ2v) is 12.0. The third-order valence-electron chi connectivity index (χ3n) is 7.59. The Labute approximate surface area is 238 Å². The Morgan fingerprint density at radius 2 is 1.85 bits per heavy atom. The van der Waals surface area contributed by atoms with Crippen LogP contribution in [0.2, 0.25) is 0 Å². The molecule has 1 amide bonds. The third kappa shape index (κ3) is 7.52. The fourth-order valence-electron chi connectivity index (χ4n) is 5.12. The van der Waals surface area contributed by atoms with Gasteiger partial charge in [0.25, 0.3) is 5.91 Å². The van der Waals surface area contributed by atoms with Gasteiger partial charge in [-0.1, -0.05) is 26.8 Å². The number of nitrogens with one attached hydrogen (secondary N) is 1. The van der Waals surface area contributed by atoms with Crippen LogP contribution >= 0.6 is 0 Å². The van der Waals surface area contributed by atoms with E-state index in [1.165, 1.54) is 12.5 Å². The zero-order valence-corrected chi connectivity index (χ0v) is 25.0. The van der Waals surface area contributed by atoms with Gasteiger partial charge in [0.15, 0.2) is 11.6 Å². The molecule has 1 saturated heterocycles. The summed E-state index contributed by atoms with van der Waals surface area (Å²) in [5.41, 5.74) is 3.09. The number of nitrogens with zero attached hydrogens (tertiary/aromatic N) is 5. The number of carbonyl (C=O) groups excluding carboxylic acids is 1. The molecule has 0 radical (unpaired) electrons. The molecule has 4 rings (SSSR count). The lowest BCUT2D eigenvalue weighted by Crippen LogP contribution is -2.47. The number of hydrogen-bond donors (Lipinski definition) is 1. The zero-order chi connectivity index (χ0) is 28.9. The lowest BCUT2D eigenvalue weighted by Gasteiger charge is -2.35. The van der Waals surface area contributed by atoms with E-state index in [0.29, 0.717) is 18.6 Å². The van der Waals surface area contributed by atoms with Crippen LogP contribution in [0.4, 0.5) is 10.2 Å². The highest BCUT2D eigenvalue weighted by Crippen LogP contribution is 2.29. The first-order chi connectivity index (χ1) is 19.1. The molecule has 0 saturated carbocycles. The Morgan fingerprint density at radius 1 is 1.15 bits per heavy atom. The molecule has 0 unspecified atom stereocenters. The standard InChI is InChI=1S/C31H45FN6O2/c1-7-9-27-23(2)34-29-25(21-33-35(29)6)22-38(27)30(39)24-10-11-28(26(32)20-24)40-19-8-13-36-15-17-37(18-16-36)14-12-31(3,4)5/h7,9-11,20-21,34H,8,12-19,22H2,1-6H3/b9-7-. The van der Waals surface area contributed by atoms with Crippen molar-refractivity contribution in [3.63, 3.8) is 0 Å². The molecule has 0 aliphatic carbocycles. The number of ether oxygens (including phenoxy) is 1. The summed E-state index contributed by atoms with van der Waals surface area (Å²) in [6, 6.07) is 4.48. The van der Waals surface area contributed by atoms with Crippen LogP contribution in [0.5, 0.6) is 5.75 Å². The van der Waals surface area contributed by atoms with Gasteiger partial charge in [-0.2, -0.15) is 5.10 Å². The van der Waals surface area contributed by atoms with E-state index in [0.717, 1.165) is 68.5 Å². The summed E-state index contributed by atoms with van der Waals surface area (Å²) in [6.45, 7) is 17.9. The predicted octanol–water partition coefficient (Wildman–Crippen LogP) is 5.26. The maximum absolute atomic E-state index is 15.0. The number of halogens is 1. The van der Waals surface area contributed by atoms with Gasteiger partial charge in [0.1, 0.15) is 5.82 Å².